The second kappa shape index (κ2) is 9.11. The van der Waals surface area contributed by atoms with E-state index in [2.05, 4.69) is 10.6 Å². The largest absolute Gasteiger partial charge is 0.368 e. The molecule has 0 aromatic heterocycles. The van der Waals surface area contributed by atoms with Crippen LogP contribution in [0.4, 0.5) is 0 Å². The lowest BCUT2D eigenvalue weighted by atomic mass is 10.1. The van der Waals surface area contributed by atoms with Crippen molar-refractivity contribution in [3.63, 3.8) is 0 Å². The average Bonchev–Trinajstić information content (AvgIpc) is 2.51. The van der Waals surface area contributed by atoms with Gasteiger partial charge in [0, 0.05) is 0 Å². The molecular weight excluding hydrogens is 352 g/mol. The highest BCUT2D eigenvalue weighted by molar-refractivity contribution is 7.83. The minimum atomic E-state index is -4.64. The molecule has 1 rings (SSSR count). The molecule has 0 radical (unpaired) electrons. The first-order valence-corrected chi connectivity index (χ1v) is 8.67. The molecule has 1 aromatic carbocycles. The second-order valence-electron chi connectivity index (χ2n) is 5.25. The van der Waals surface area contributed by atoms with Gasteiger partial charge in [0.1, 0.15) is 12.1 Å². The normalized spacial score (nSPS) is 13.5. The third-order valence-corrected chi connectivity index (χ3v) is 3.66. The van der Waals surface area contributed by atoms with E-state index in [1.807, 2.05) is 4.72 Å². The third-order valence-electron chi connectivity index (χ3n) is 3.08. The number of carbonyl (C=O) groups is 3. The molecule has 0 saturated heterocycles. The van der Waals surface area contributed by atoms with Crippen molar-refractivity contribution in [3.05, 3.63) is 35.9 Å². The number of primary amides is 1. The smallest absolute Gasteiger partial charge is 0.334 e. The Labute approximate surface area is 145 Å². The summed E-state index contributed by atoms with van der Waals surface area (Å²) in [6, 6.07) is 6.14. The number of carbonyl (C=O) groups excluding carboxylic acids is 3. The van der Waals surface area contributed by atoms with Gasteiger partial charge in [0.15, 0.2) is 0 Å². The third kappa shape index (κ3) is 8.24. The van der Waals surface area contributed by atoms with Crippen molar-refractivity contribution in [2.45, 2.75) is 25.4 Å². The molecule has 0 aliphatic rings. The fourth-order valence-electron chi connectivity index (χ4n) is 1.92. The van der Waals surface area contributed by atoms with E-state index < -0.39 is 46.7 Å². The Bertz CT molecular complexity index is 722. The summed E-state index contributed by atoms with van der Waals surface area (Å²) in [6.07, 6.45) is -0.0396. The molecule has 0 spiro atoms. The van der Waals surface area contributed by atoms with Crippen LogP contribution in [-0.2, 0) is 31.1 Å². The number of rotatable bonds is 9. The first-order chi connectivity index (χ1) is 11.6. The number of amides is 3. The summed E-state index contributed by atoms with van der Waals surface area (Å²) in [7, 11) is -4.64. The van der Waals surface area contributed by atoms with Crippen LogP contribution in [0.5, 0.6) is 0 Å². The van der Waals surface area contributed by atoms with Gasteiger partial charge in [0.05, 0.1) is 6.54 Å². The number of nitrogens with two attached hydrogens (primary N) is 1. The zero-order chi connectivity index (χ0) is 19.0. The maximum Gasteiger partial charge on any atom is 0.334 e. The lowest BCUT2D eigenvalue weighted by Crippen LogP contribution is -2.53. The molecule has 0 heterocycles. The minimum absolute atomic E-state index is 0.0396. The maximum atomic E-state index is 12.3. The van der Waals surface area contributed by atoms with Crippen LogP contribution in [0.1, 0.15) is 12.5 Å². The zero-order valence-corrected chi connectivity index (χ0v) is 14.2. The van der Waals surface area contributed by atoms with Crippen LogP contribution in [0, 0.1) is 0 Å². The zero-order valence-electron chi connectivity index (χ0n) is 13.4. The molecule has 3 amide bonds. The molecule has 0 aliphatic heterocycles. The van der Waals surface area contributed by atoms with Gasteiger partial charge >= 0.3 is 10.3 Å². The Hall–Kier alpha value is -2.50. The monoisotopic (exact) mass is 372 g/mol. The molecule has 138 valence electrons. The first-order valence-electron chi connectivity index (χ1n) is 7.23. The van der Waals surface area contributed by atoms with Crippen molar-refractivity contribution < 1.29 is 27.4 Å². The van der Waals surface area contributed by atoms with Crippen LogP contribution in [0.3, 0.4) is 0 Å². The first kappa shape index (κ1) is 20.5. The van der Waals surface area contributed by atoms with Gasteiger partial charge in [0.2, 0.25) is 17.7 Å². The fourth-order valence-corrected chi connectivity index (χ4v) is 2.47. The average molecular weight is 372 g/mol. The van der Waals surface area contributed by atoms with E-state index in [1.165, 1.54) is 6.92 Å². The van der Waals surface area contributed by atoms with E-state index in [0.29, 0.717) is 5.56 Å². The van der Waals surface area contributed by atoms with Gasteiger partial charge in [0.25, 0.3) is 0 Å². The molecule has 25 heavy (non-hydrogen) atoms. The number of hydrogen-bond acceptors (Lipinski definition) is 5. The van der Waals surface area contributed by atoms with Crippen molar-refractivity contribution in [3.8, 4) is 0 Å². The summed E-state index contributed by atoms with van der Waals surface area (Å²) in [5.41, 5.74) is 5.54. The number of hydrogen-bond donors (Lipinski definition) is 5. The molecule has 11 heteroatoms. The molecule has 0 saturated carbocycles. The van der Waals surface area contributed by atoms with Gasteiger partial charge in [-0.3, -0.25) is 18.9 Å². The van der Waals surface area contributed by atoms with Crippen LogP contribution in [0.2, 0.25) is 0 Å². The number of nitrogens with one attached hydrogen (secondary N) is 3. The van der Waals surface area contributed by atoms with Crippen molar-refractivity contribution in [1.82, 2.24) is 15.4 Å². The lowest BCUT2D eigenvalue weighted by molar-refractivity contribution is -0.130. The lowest BCUT2D eigenvalue weighted by Gasteiger charge is -2.20. The molecule has 0 aliphatic carbocycles. The summed E-state index contributed by atoms with van der Waals surface area (Å²) in [5.74, 6) is -2.23. The van der Waals surface area contributed by atoms with Crippen molar-refractivity contribution in [2.75, 3.05) is 6.54 Å². The van der Waals surface area contributed by atoms with Crippen LogP contribution in [0.15, 0.2) is 30.3 Å². The maximum absolute atomic E-state index is 12.3. The molecule has 10 nitrogen and oxygen atoms in total. The van der Waals surface area contributed by atoms with Gasteiger partial charge < -0.3 is 16.4 Å². The van der Waals surface area contributed by atoms with E-state index in [-0.39, 0.29) is 6.42 Å². The second-order valence-corrected chi connectivity index (χ2v) is 6.44. The number of benzene rings is 1. The Morgan fingerprint density at radius 2 is 1.76 bits per heavy atom. The van der Waals surface area contributed by atoms with E-state index >= 15 is 0 Å². The molecule has 1 aromatic rings. The van der Waals surface area contributed by atoms with Gasteiger partial charge in [-0.1, -0.05) is 30.3 Å². The summed E-state index contributed by atoms with van der Waals surface area (Å²) in [5, 5.41) is 4.51. The molecule has 0 bridgehead atoms. The Morgan fingerprint density at radius 1 is 1.16 bits per heavy atom. The predicted molar refractivity (Wildman–Crippen MR) is 88.4 cm³/mol. The SMILES string of the molecule is C[C@H](NC(=O)[C@H](Cc1ccccc1)NS(=O)(=O)O)C(=O)NCC(N)=O. The highest BCUT2D eigenvalue weighted by atomic mass is 32.2. The highest BCUT2D eigenvalue weighted by Crippen LogP contribution is 2.05. The van der Waals surface area contributed by atoms with Crippen LogP contribution in [-0.4, -0.2) is 49.3 Å². The van der Waals surface area contributed by atoms with Gasteiger partial charge in [-0.25, -0.2) is 0 Å². The molecule has 6 N–H and O–H groups in total. The van der Waals surface area contributed by atoms with E-state index in [9.17, 15) is 22.8 Å². The topological polar surface area (TPSA) is 168 Å². The fraction of sp³-hybridized carbons (Fsp3) is 0.357. The minimum Gasteiger partial charge on any atom is -0.368 e. The van der Waals surface area contributed by atoms with E-state index in [1.54, 1.807) is 30.3 Å². The van der Waals surface area contributed by atoms with Gasteiger partial charge in [-0.15, -0.1) is 0 Å². The van der Waals surface area contributed by atoms with Crippen LogP contribution in [0.25, 0.3) is 0 Å². The summed E-state index contributed by atoms with van der Waals surface area (Å²) >= 11 is 0. The summed E-state index contributed by atoms with van der Waals surface area (Å²) < 4.78 is 32.9. The molecular formula is C14H20N4O6S. The quantitative estimate of drug-likeness (QED) is 0.317. The molecule has 0 unspecified atom stereocenters. The molecule has 2 atom stereocenters. The van der Waals surface area contributed by atoms with Crippen molar-refractivity contribution in [1.29, 1.82) is 0 Å². The van der Waals surface area contributed by atoms with E-state index in [0.717, 1.165) is 0 Å². The predicted octanol–water partition coefficient (Wildman–Crippen LogP) is -1.90. The van der Waals surface area contributed by atoms with Crippen LogP contribution < -0.4 is 21.1 Å². The Balaban J connectivity index is 2.78. The Morgan fingerprint density at radius 3 is 2.28 bits per heavy atom. The van der Waals surface area contributed by atoms with E-state index in [4.69, 9.17) is 10.3 Å². The molecule has 0 fully saturated rings. The standard InChI is InChI=1S/C14H20N4O6S/c1-9(13(20)16-8-12(15)19)17-14(21)11(18-25(22,23)24)7-10-5-3-2-4-6-10/h2-6,9,11,18H,7-8H2,1H3,(H2,15,19)(H,16,20)(H,17,21)(H,22,23,24)/t9-,11-/m0/s1. The van der Waals surface area contributed by atoms with Crippen molar-refractivity contribution in [2.24, 2.45) is 5.73 Å². The summed E-state index contributed by atoms with van der Waals surface area (Å²) in [6.45, 7) is 0.955. The van der Waals surface area contributed by atoms with Crippen LogP contribution >= 0.6 is 0 Å². The van der Waals surface area contributed by atoms with Gasteiger partial charge in [-0.05, 0) is 18.9 Å². The van der Waals surface area contributed by atoms with Crippen molar-refractivity contribution >= 4 is 28.0 Å². The summed E-state index contributed by atoms with van der Waals surface area (Å²) in [4.78, 5) is 34.6. The van der Waals surface area contributed by atoms with Gasteiger partial charge in [-0.2, -0.15) is 13.1 Å². The highest BCUT2D eigenvalue weighted by Gasteiger charge is 2.26. The Kier molecular flexibility index (Phi) is 7.48.